The second-order valence-electron chi connectivity index (χ2n) is 6.23. The summed E-state index contributed by atoms with van der Waals surface area (Å²) in [6, 6.07) is 15.2. The van der Waals surface area contributed by atoms with Crippen LogP contribution in [0.1, 0.15) is 23.5 Å². The van der Waals surface area contributed by atoms with Gasteiger partial charge in [0.25, 0.3) is 0 Å². The standard InChI is InChI=1S/C21H16ClN3O2/c1-2-11-27-16-9-5-13(6-10-16)17-12-18(26)23-21-19(17)20(24-25-21)14-3-7-15(22)8-4-14/h1,3-10,17H,11-12H2,(H2,23,24,25,26). The molecule has 0 spiro atoms. The average Bonchev–Trinajstić information content (AvgIpc) is 3.10. The Morgan fingerprint density at radius 3 is 2.63 bits per heavy atom. The van der Waals surface area contributed by atoms with E-state index in [1.54, 1.807) is 0 Å². The molecule has 27 heavy (non-hydrogen) atoms. The fourth-order valence-corrected chi connectivity index (χ4v) is 3.42. The molecule has 2 aromatic carbocycles. The van der Waals surface area contributed by atoms with E-state index in [0.29, 0.717) is 23.0 Å². The van der Waals surface area contributed by atoms with Crippen molar-refractivity contribution in [3.63, 3.8) is 0 Å². The van der Waals surface area contributed by atoms with Gasteiger partial charge in [0.1, 0.15) is 12.4 Å². The summed E-state index contributed by atoms with van der Waals surface area (Å²) in [5.41, 5.74) is 3.81. The van der Waals surface area contributed by atoms with E-state index < -0.39 is 0 Å². The van der Waals surface area contributed by atoms with Crippen LogP contribution >= 0.6 is 11.6 Å². The molecule has 2 heterocycles. The van der Waals surface area contributed by atoms with Crippen molar-refractivity contribution in [2.45, 2.75) is 12.3 Å². The number of hydrogen-bond donors (Lipinski definition) is 2. The van der Waals surface area contributed by atoms with Crippen molar-refractivity contribution in [1.82, 2.24) is 10.2 Å². The molecule has 0 saturated carbocycles. The van der Waals surface area contributed by atoms with Gasteiger partial charge in [0.15, 0.2) is 5.82 Å². The molecule has 1 atom stereocenters. The smallest absolute Gasteiger partial charge is 0.226 e. The van der Waals surface area contributed by atoms with Gasteiger partial charge in [-0.2, -0.15) is 5.10 Å². The molecule has 3 aromatic rings. The van der Waals surface area contributed by atoms with Gasteiger partial charge in [-0.05, 0) is 29.8 Å². The number of nitrogens with one attached hydrogen (secondary N) is 2. The summed E-state index contributed by atoms with van der Waals surface area (Å²) in [5, 5.41) is 10.9. The quantitative estimate of drug-likeness (QED) is 0.669. The predicted molar refractivity (Wildman–Crippen MR) is 105 cm³/mol. The molecule has 0 radical (unpaired) electrons. The summed E-state index contributed by atoms with van der Waals surface area (Å²) >= 11 is 6.00. The number of anilines is 1. The summed E-state index contributed by atoms with van der Waals surface area (Å²) in [7, 11) is 0. The molecule has 1 aromatic heterocycles. The Labute approximate surface area is 161 Å². The first-order valence-corrected chi connectivity index (χ1v) is 8.84. The Kier molecular flexibility index (Phi) is 4.57. The van der Waals surface area contributed by atoms with Gasteiger partial charge in [0, 0.05) is 28.5 Å². The van der Waals surface area contributed by atoms with Gasteiger partial charge in [-0.1, -0.05) is 41.8 Å². The lowest BCUT2D eigenvalue weighted by Gasteiger charge is -2.23. The van der Waals surface area contributed by atoms with E-state index in [0.717, 1.165) is 22.4 Å². The van der Waals surface area contributed by atoms with Gasteiger partial charge in [0.2, 0.25) is 5.91 Å². The number of H-pyrrole nitrogens is 1. The summed E-state index contributed by atoms with van der Waals surface area (Å²) in [5.74, 6) is 3.53. The summed E-state index contributed by atoms with van der Waals surface area (Å²) in [4.78, 5) is 12.2. The minimum atomic E-state index is -0.111. The third kappa shape index (κ3) is 3.40. The zero-order chi connectivity index (χ0) is 18.8. The van der Waals surface area contributed by atoms with Crippen molar-refractivity contribution in [2.24, 2.45) is 0 Å². The third-order valence-corrected chi connectivity index (χ3v) is 4.79. The second-order valence-corrected chi connectivity index (χ2v) is 6.67. The van der Waals surface area contributed by atoms with E-state index in [2.05, 4.69) is 21.4 Å². The number of rotatable bonds is 4. The van der Waals surface area contributed by atoms with Crippen molar-refractivity contribution in [3.05, 3.63) is 64.7 Å². The molecular formula is C21H16ClN3O2. The maximum Gasteiger partial charge on any atom is 0.226 e. The Balaban J connectivity index is 1.73. The van der Waals surface area contributed by atoms with Crippen LogP contribution < -0.4 is 10.1 Å². The predicted octanol–water partition coefficient (Wildman–Crippen LogP) is 4.22. The van der Waals surface area contributed by atoms with Gasteiger partial charge in [0.05, 0.1) is 5.69 Å². The molecular weight excluding hydrogens is 362 g/mol. The lowest BCUT2D eigenvalue weighted by atomic mass is 9.84. The van der Waals surface area contributed by atoms with Gasteiger partial charge in [-0.15, -0.1) is 6.42 Å². The molecule has 1 amide bonds. The van der Waals surface area contributed by atoms with Crippen LogP contribution in [0, 0.1) is 12.3 Å². The number of amides is 1. The highest BCUT2D eigenvalue weighted by atomic mass is 35.5. The number of terminal acetylenes is 1. The number of aromatic amines is 1. The van der Waals surface area contributed by atoms with Crippen LogP contribution in [-0.2, 0) is 4.79 Å². The monoisotopic (exact) mass is 377 g/mol. The highest BCUT2D eigenvalue weighted by Gasteiger charge is 2.32. The molecule has 0 bridgehead atoms. The molecule has 2 N–H and O–H groups in total. The van der Waals surface area contributed by atoms with Crippen LogP contribution in [0.5, 0.6) is 5.75 Å². The minimum Gasteiger partial charge on any atom is -0.481 e. The zero-order valence-electron chi connectivity index (χ0n) is 14.3. The molecule has 1 aliphatic heterocycles. The van der Waals surface area contributed by atoms with Crippen molar-refractivity contribution in [2.75, 3.05) is 11.9 Å². The van der Waals surface area contributed by atoms with E-state index >= 15 is 0 Å². The number of nitrogens with zero attached hydrogens (tertiary/aromatic N) is 1. The zero-order valence-corrected chi connectivity index (χ0v) is 15.1. The highest BCUT2D eigenvalue weighted by Crippen LogP contribution is 2.42. The molecule has 1 aliphatic rings. The van der Waals surface area contributed by atoms with Crippen LogP contribution in [0.15, 0.2) is 48.5 Å². The molecule has 6 heteroatoms. The third-order valence-electron chi connectivity index (χ3n) is 4.54. The van der Waals surface area contributed by atoms with E-state index in [9.17, 15) is 4.79 Å². The van der Waals surface area contributed by atoms with Crippen LogP contribution in [0.2, 0.25) is 5.02 Å². The van der Waals surface area contributed by atoms with Gasteiger partial charge >= 0.3 is 0 Å². The van der Waals surface area contributed by atoms with E-state index in [1.807, 2.05) is 48.5 Å². The average molecular weight is 378 g/mol. The normalized spacial score (nSPS) is 15.6. The lowest BCUT2D eigenvalue weighted by Crippen LogP contribution is -2.23. The maximum atomic E-state index is 12.2. The molecule has 1 unspecified atom stereocenters. The van der Waals surface area contributed by atoms with Gasteiger partial charge < -0.3 is 10.1 Å². The largest absolute Gasteiger partial charge is 0.481 e. The van der Waals surface area contributed by atoms with Crippen LogP contribution in [0.3, 0.4) is 0 Å². The minimum absolute atomic E-state index is 0.0608. The fourth-order valence-electron chi connectivity index (χ4n) is 3.30. The first-order valence-electron chi connectivity index (χ1n) is 8.46. The van der Waals surface area contributed by atoms with E-state index in [4.69, 9.17) is 22.8 Å². The summed E-state index contributed by atoms with van der Waals surface area (Å²) in [6.45, 7) is 0.220. The molecule has 4 rings (SSSR count). The molecule has 5 nitrogen and oxygen atoms in total. The SMILES string of the molecule is C#CCOc1ccc(C2CC(=O)Nc3n[nH]c(-c4ccc(Cl)cc4)c32)cc1. The molecule has 0 aliphatic carbocycles. The number of aromatic nitrogens is 2. The number of fused-ring (bicyclic) bond motifs is 1. The Morgan fingerprint density at radius 2 is 1.93 bits per heavy atom. The number of carbonyl (C=O) groups is 1. The molecule has 0 fully saturated rings. The first-order chi connectivity index (χ1) is 13.2. The second kappa shape index (κ2) is 7.18. The van der Waals surface area contributed by atoms with Crippen molar-refractivity contribution >= 4 is 23.3 Å². The summed E-state index contributed by atoms with van der Waals surface area (Å²) in [6.07, 6.45) is 5.57. The summed E-state index contributed by atoms with van der Waals surface area (Å²) < 4.78 is 5.43. The number of benzene rings is 2. The number of halogens is 1. The molecule has 134 valence electrons. The van der Waals surface area contributed by atoms with Crippen LogP contribution in [0.4, 0.5) is 5.82 Å². The Morgan fingerprint density at radius 1 is 1.19 bits per heavy atom. The Hall–Kier alpha value is -3.23. The van der Waals surface area contributed by atoms with Gasteiger partial charge in [-0.25, -0.2) is 0 Å². The van der Waals surface area contributed by atoms with Crippen LogP contribution in [-0.4, -0.2) is 22.7 Å². The van der Waals surface area contributed by atoms with E-state index in [1.165, 1.54) is 0 Å². The van der Waals surface area contributed by atoms with E-state index in [-0.39, 0.29) is 18.4 Å². The number of carbonyl (C=O) groups excluding carboxylic acids is 1. The fraction of sp³-hybridized carbons (Fsp3) is 0.143. The maximum absolute atomic E-state index is 12.2. The highest BCUT2D eigenvalue weighted by molar-refractivity contribution is 6.30. The van der Waals surface area contributed by atoms with Crippen molar-refractivity contribution < 1.29 is 9.53 Å². The number of ether oxygens (including phenoxy) is 1. The topological polar surface area (TPSA) is 67.0 Å². The molecule has 0 saturated heterocycles. The lowest BCUT2D eigenvalue weighted by molar-refractivity contribution is -0.116. The van der Waals surface area contributed by atoms with Gasteiger partial charge in [-0.3, -0.25) is 9.89 Å². The van der Waals surface area contributed by atoms with Crippen molar-refractivity contribution in [3.8, 4) is 29.4 Å². The Bertz CT molecular complexity index is 1020. The van der Waals surface area contributed by atoms with Crippen LogP contribution in [0.25, 0.3) is 11.3 Å². The van der Waals surface area contributed by atoms with Crippen molar-refractivity contribution in [1.29, 1.82) is 0 Å². The first kappa shape index (κ1) is 17.2. The number of hydrogen-bond acceptors (Lipinski definition) is 3.